The minimum atomic E-state index is -4.32. The van der Waals surface area contributed by atoms with Crippen LogP contribution in [-0.2, 0) is 31.9 Å². The molecule has 1 aromatic rings. The lowest BCUT2D eigenvalue weighted by Crippen LogP contribution is -2.48. The van der Waals surface area contributed by atoms with Gasteiger partial charge in [-0.25, -0.2) is 0 Å². The molecular weight excluding hydrogens is 505 g/mol. The molecule has 0 aliphatic carbocycles. The molecule has 0 saturated carbocycles. The molecule has 1 aliphatic heterocycles. The summed E-state index contributed by atoms with van der Waals surface area (Å²) in [5.41, 5.74) is -0.0232. The average molecular weight is 539 g/mol. The molecule has 1 atom stereocenters. The second-order valence-corrected chi connectivity index (χ2v) is 7.92. The summed E-state index contributed by atoms with van der Waals surface area (Å²) < 4.78 is 44.0. The Morgan fingerprint density at radius 2 is 1.46 bits per heavy atom. The van der Waals surface area contributed by atoms with Crippen LogP contribution in [-0.4, -0.2) is 81.5 Å². The van der Waals surface area contributed by atoms with Crippen LogP contribution in [0.2, 0.25) is 0 Å². The highest BCUT2D eigenvalue weighted by atomic mass is 19.4. The van der Waals surface area contributed by atoms with Crippen molar-refractivity contribution in [3.8, 4) is 5.75 Å². The van der Waals surface area contributed by atoms with E-state index in [-0.39, 0.29) is 25.7 Å². The molecular formula is C23H33F3N2O9. The van der Waals surface area contributed by atoms with Crippen LogP contribution in [0.5, 0.6) is 5.75 Å². The lowest BCUT2D eigenvalue weighted by atomic mass is 10.1. The van der Waals surface area contributed by atoms with Crippen LogP contribution in [0.4, 0.5) is 13.2 Å². The van der Waals surface area contributed by atoms with E-state index in [0.717, 1.165) is 25.7 Å². The van der Waals surface area contributed by atoms with E-state index in [1.165, 1.54) is 12.1 Å². The number of rotatable bonds is 10. The number of nitrogens with one attached hydrogen (secondary N) is 1. The van der Waals surface area contributed by atoms with Crippen LogP contribution >= 0.6 is 0 Å². The number of nitrogens with zero attached hydrogens (tertiary/aromatic N) is 1. The van der Waals surface area contributed by atoms with Crippen LogP contribution in [0.1, 0.15) is 50.7 Å². The number of carboxylic acids is 4. The Hall–Kier alpha value is -3.39. The first-order valence-corrected chi connectivity index (χ1v) is 11.3. The minimum Gasteiger partial charge on any atom is -0.494 e. The van der Waals surface area contributed by atoms with E-state index in [1.54, 1.807) is 0 Å². The molecule has 5 N–H and O–H groups in total. The van der Waals surface area contributed by atoms with Crippen molar-refractivity contribution in [2.45, 2.75) is 58.3 Å². The highest BCUT2D eigenvalue weighted by Gasteiger charge is 2.31. The molecule has 0 bridgehead atoms. The fourth-order valence-corrected chi connectivity index (χ4v) is 3.00. The number of piperazine rings is 1. The highest BCUT2D eigenvalue weighted by molar-refractivity contribution is 5.75. The maximum atomic E-state index is 12.9. The second-order valence-electron chi connectivity index (χ2n) is 7.92. The molecule has 0 amide bonds. The summed E-state index contributed by atoms with van der Waals surface area (Å²) in [6, 6.07) is 4.06. The molecule has 0 spiro atoms. The third-order valence-electron chi connectivity index (χ3n) is 4.64. The lowest BCUT2D eigenvalue weighted by Gasteiger charge is -2.32. The van der Waals surface area contributed by atoms with Crippen molar-refractivity contribution in [2.75, 3.05) is 26.2 Å². The summed E-state index contributed by atoms with van der Waals surface area (Å²) in [6.45, 7) is 7.32. The third-order valence-corrected chi connectivity index (χ3v) is 4.64. The number of hydrogen-bond acceptors (Lipinski definition) is 7. The van der Waals surface area contributed by atoms with Crippen molar-refractivity contribution in [1.29, 1.82) is 0 Å². The molecule has 1 aliphatic rings. The van der Waals surface area contributed by atoms with Crippen molar-refractivity contribution in [3.05, 3.63) is 29.3 Å². The number of halogens is 3. The number of ether oxygens (including phenoxy) is 1. The molecule has 0 aromatic heterocycles. The van der Waals surface area contributed by atoms with Gasteiger partial charge >= 0.3 is 30.1 Å². The van der Waals surface area contributed by atoms with Crippen LogP contribution in [0.15, 0.2) is 18.2 Å². The van der Waals surface area contributed by atoms with E-state index in [2.05, 4.69) is 17.1 Å². The first kappa shape index (κ1) is 33.6. The summed E-state index contributed by atoms with van der Waals surface area (Å²) >= 11 is 0. The predicted molar refractivity (Wildman–Crippen MR) is 124 cm³/mol. The number of hydrogen-bond donors (Lipinski definition) is 5. The average Bonchev–Trinajstić information content (AvgIpc) is 2.78. The van der Waals surface area contributed by atoms with Gasteiger partial charge in [0.2, 0.25) is 0 Å². The van der Waals surface area contributed by atoms with E-state index in [1.807, 2.05) is 6.92 Å². The van der Waals surface area contributed by atoms with E-state index in [9.17, 15) is 32.3 Å². The van der Waals surface area contributed by atoms with Gasteiger partial charge in [0.05, 0.1) is 37.9 Å². The van der Waals surface area contributed by atoms with Crippen LogP contribution in [0.25, 0.3) is 0 Å². The molecule has 1 saturated heterocycles. The van der Waals surface area contributed by atoms with Gasteiger partial charge in [0.25, 0.3) is 0 Å². The molecule has 14 heteroatoms. The maximum absolute atomic E-state index is 12.9. The third kappa shape index (κ3) is 16.8. The summed E-state index contributed by atoms with van der Waals surface area (Å²) in [5.74, 6) is -3.77. The second kappa shape index (κ2) is 17.1. The molecule has 1 aromatic carbocycles. The topological polar surface area (TPSA) is 174 Å². The van der Waals surface area contributed by atoms with Gasteiger partial charge in [-0.2, -0.15) is 13.2 Å². The van der Waals surface area contributed by atoms with E-state index in [0.29, 0.717) is 30.5 Å². The first-order valence-electron chi connectivity index (χ1n) is 11.3. The normalized spacial score (nSPS) is 15.3. The Kier molecular flexibility index (Phi) is 15.6. The molecule has 0 unspecified atom stereocenters. The van der Waals surface area contributed by atoms with Crippen molar-refractivity contribution in [1.82, 2.24) is 10.2 Å². The molecule has 11 nitrogen and oxygen atoms in total. The Balaban J connectivity index is 0.000000669. The maximum Gasteiger partial charge on any atom is 0.416 e. The van der Waals surface area contributed by atoms with Gasteiger partial charge in [-0.1, -0.05) is 0 Å². The Bertz CT molecular complexity index is 839. The number of alkyl halides is 3. The van der Waals surface area contributed by atoms with Crippen molar-refractivity contribution in [3.63, 3.8) is 0 Å². The number of aliphatic carboxylic acids is 4. The molecule has 2 rings (SSSR count). The quantitative estimate of drug-likeness (QED) is 0.296. The summed E-state index contributed by atoms with van der Waals surface area (Å²) in [5, 5.41) is 34.9. The van der Waals surface area contributed by atoms with E-state index in [4.69, 9.17) is 25.2 Å². The molecule has 210 valence electrons. The van der Waals surface area contributed by atoms with Crippen molar-refractivity contribution >= 4 is 23.9 Å². The fourth-order valence-electron chi connectivity index (χ4n) is 3.00. The van der Waals surface area contributed by atoms with Crippen LogP contribution in [0.3, 0.4) is 0 Å². The van der Waals surface area contributed by atoms with Gasteiger partial charge in [0.1, 0.15) is 5.75 Å². The smallest absolute Gasteiger partial charge is 0.416 e. The molecule has 1 fully saturated rings. The standard InChI is InChI=1S/C15H21F3N2O.2C4H6O4/c1-3-21-14-5-4-13(15(16,17)18)8-12(14)10-20-7-6-19-11(2)9-20;2*5-3(6)1-2-4(7)8/h4-5,8,11,19H,3,6-7,9-10H2,1-2H3;2*1-2H2,(H,5,6)(H,7,8)/t11-;;/m1../s1. The van der Waals surface area contributed by atoms with Crippen molar-refractivity contribution < 1.29 is 57.5 Å². The number of carboxylic acid groups (broad SMARTS) is 4. The summed E-state index contributed by atoms with van der Waals surface area (Å²) in [4.78, 5) is 40.7. The molecule has 1 heterocycles. The van der Waals surface area contributed by atoms with Crippen LogP contribution in [0, 0.1) is 0 Å². The van der Waals surface area contributed by atoms with E-state index < -0.39 is 35.6 Å². The largest absolute Gasteiger partial charge is 0.494 e. The fraction of sp³-hybridized carbons (Fsp3) is 0.565. The lowest BCUT2D eigenvalue weighted by molar-refractivity contribution is -0.143. The van der Waals surface area contributed by atoms with Crippen molar-refractivity contribution in [2.24, 2.45) is 0 Å². The highest BCUT2D eigenvalue weighted by Crippen LogP contribution is 2.33. The monoisotopic (exact) mass is 538 g/mol. The zero-order valence-electron chi connectivity index (χ0n) is 20.6. The van der Waals surface area contributed by atoms with Gasteiger partial charge in [0.15, 0.2) is 0 Å². The van der Waals surface area contributed by atoms with Crippen LogP contribution < -0.4 is 10.1 Å². The summed E-state index contributed by atoms with van der Waals surface area (Å²) in [6.07, 6.45) is -5.51. The van der Waals surface area contributed by atoms with Gasteiger partial charge in [-0.05, 0) is 32.0 Å². The Morgan fingerprint density at radius 3 is 1.84 bits per heavy atom. The predicted octanol–water partition coefficient (Wildman–Crippen LogP) is 2.77. The summed E-state index contributed by atoms with van der Waals surface area (Å²) in [7, 11) is 0. The molecule has 0 radical (unpaired) electrons. The SMILES string of the molecule is CCOc1ccc(C(F)(F)F)cc1CN1CCN[C@H](C)C1.O=C(O)CCC(=O)O.O=C(O)CCC(=O)O. The van der Waals surface area contributed by atoms with Gasteiger partial charge in [0, 0.05) is 37.8 Å². The number of benzene rings is 1. The zero-order valence-corrected chi connectivity index (χ0v) is 20.6. The van der Waals surface area contributed by atoms with E-state index >= 15 is 0 Å². The van der Waals surface area contributed by atoms with Gasteiger partial charge in [-0.15, -0.1) is 0 Å². The first-order chi connectivity index (χ1) is 17.1. The molecule has 37 heavy (non-hydrogen) atoms. The zero-order chi connectivity index (χ0) is 28.6. The Labute approximate surface area is 211 Å². The minimum absolute atomic E-state index is 0.296. The Morgan fingerprint density at radius 1 is 0.973 bits per heavy atom. The van der Waals surface area contributed by atoms with Gasteiger partial charge in [-0.3, -0.25) is 24.1 Å². The van der Waals surface area contributed by atoms with Gasteiger partial charge < -0.3 is 30.5 Å². The number of carbonyl (C=O) groups is 4.